The molecule has 0 radical (unpaired) electrons. The molecule has 0 saturated heterocycles. The van der Waals surface area contributed by atoms with E-state index in [-0.39, 0.29) is 11.9 Å². The lowest BCUT2D eigenvalue weighted by molar-refractivity contribution is 0.0950. The van der Waals surface area contributed by atoms with Crippen LogP contribution in [0.25, 0.3) is 10.8 Å². The van der Waals surface area contributed by atoms with Crippen LogP contribution < -0.4 is 5.32 Å². The SMILES string of the molecule is CC.CC1=CC=CC(NC(=O)c2ccc3ccccc3c2)C=C1. The molecule has 0 fully saturated rings. The largest absolute Gasteiger partial charge is 0.342 e. The number of rotatable bonds is 2. The van der Waals surface area contributed by atoms with Crippen LogP contribution in [0, 0.1) is 0 Å². The van der Waals surface area contributed by atoms with Gasteiger partial charge in [-0.15, -0.1) is 0 Å². The Balaban J connectivity index is 0.000000924. The number of carbonyl (C=O) groups is 1. The number of amides is 1. The second-order valence-corrected chi connectivity index (χ2v) is 5.22. The van der Waals surface area contributed by atoms with Crippen LogP contribution in [-0.4, -0.2) is 11.9 Å². The van der Waals surface area contributed by atoms with E-state index in [0.29, 0.717) is 5.56 Å². The molecule has 118 valence electrons. The average molecular weight is 305 g/mol. The number of benzene rings is 2. The fourth-order valence-corrected chi connectivity index (χ4v) is 2.36. The highest BCUT2D eigenvalue weighted by Gasteiger charge is 2.10. The summed E-state index contributed by atoms with van der Waals surface area (Å²) in [6.07, 6.45) is 9.99. The Kier molecular flexibility index (Phi) is 5.93. The third-order valence-electron chi connectivity index (χ3n) is 3.55. The summed E-state index contributed by atoms with van der Waals surface area (Å²) >= 11 is 0. The van der Waals surface area contributed by atoms with Crippen molar-refractivity contribution in [3.8, 4) is 0 Å². The molecule has 0 aliphatic heterocycles. The molecule has 0 spiro atoms. The topological polar surface area (TPSA) is 29.1 Å². The zero-order chi connectivity index (χ0) is 16.7. The van der Waals surface area contributed by atoms with Gasteiger partial charge in [0.1, 0.15) is 0 Å². The van der Waals surface area contributed by atoms with E-state index in [9.17, 15) is 4.79 Å². The zero-order valence-corrected chi connectivity index (χ0v) is 13.9. The maximum atomic E-state index is 12.4. The molecule has 1 atom stereocenters. The molecule has 1 unspecified atom stereocenters. The number of carbonyl (C=O) groups excluding carboxylic acids is 1. The van der Waals surface area contributed by atoms with Gasteiger partial charge in [0.05, 0.1) is 6.04 Å². The minimum atomic E-state index is -0.0716. The van der Waals surface area contributed by atoms with E-state index in [2.05, 4.69) is 5.32 Å². The van der Waals surface area contributed by atoms with Gasteiger partial charge >= 0.3 is 0 Å². The molecule has 23 heavy (non-hydrogen) atoms. The van der Waals surface area contributed by atoms with E-state index in [1.54, 1.807) is 0 Å². The van der Waals surface area contributed by atoms with E-state index < -0.39 is 0 Å². The van der Waals surface area contributed by atoms with E-state index >= 15 is 0 Å². The van der Waals surface area contributed by atoms with E-state index in [1.165, 1.54) is 5.57 Å². The fraction of sp³-hybridized carbons (Fsp3) is 0.190. The highest BCUT2D eigenvalue weighted by Crippen LogP contribution is 2.16. The Morgan fingerprint density at radius 2 is 1.74 bits per heavy atom. The summed E-state index contributed by atoms with van der Waals surface area (Å²) in [6, 6.07) is 13.7. The van der Waals surface area contributed by atoms with Crippen molar-refractivity contribution in [3.63, 3.8) is 0 Å². The monoisotopic (exact) mass is 305 g/mol. The van der Waals surface area contributed by atoms with Crippen LogP contribution in [0.3, 0.4) is 0 Å². The Labute approximate surface area is 138 Å². The lowest BCUT2D eigenvalue weighted by Gasteiger charge is -2.11. The lowest BCUT2D eigenvalue weighted by atomic mass is 10.1. The Bertz CT molecular complexity index is 768. The van der Waals surface area contributed by atoms with Gasteiger partial charge in [-0.2, -0.15) is 0 Å². The van der Waals surface area contributed by atoms with Crippen molar-refractivity contribution in [2.45, 2.75) is 26.8 Å². The van der Waals surface area contributed by atoms with Crippen molar-refractivity contribution in [2.24, 2.45) is 0 Å². The van der Waals surface area contributed by atoms with Gasteiger partial charge in [-0.1, -0.05) is 80.1 Å². The van der Waals surface area contributed by atoms with E-state index in [0.717, 1.165) is 10.8 Å². The minimum absolute atomic E-state index is 0.0559. The van der Waals surface area contributed by atoms with Crippen LogP contribution in [0.1, 0.15) is 31.1 Å². The number of hydrogen-bond donors (Lipinski definition) is 1. The second-order valence-electron chi connectivity index (χ2n) is 5.22. The first-order valence-electron chi connectivity index (χ1n) is 8.05. The van der Waals surface area contributed by atoms with Gasteiger partial charge in [-0.05, 0) is 29.8 Å². The van der Waals surface area contributed by atoms with Crippen LogP contribution >= 0.6 is 0 Å². The Morgan fingerprint density at radius 3 is 2.52 bits per heavy atom. The first-order chi connectivity index (χ1) is 11.2. The normalized spacial score (nSPS) is 16.1. The highest BCUT2D eigenvalue weighted by molar-refractivity contribution is 5.98. The smallest absolute Gasteiger partial charge is 0.252 e. The number of fused-ring (bicyclic) bond motifs is 1. The van der Waals surface area contributed by atoms with Gasteiger partial charge in [0.2, 0.25) is 0 Å². The van der Waals surface area contributed by atoms with Crippen molar-refractivity contribution in [1.82, 2.24) is 5.32 Å². The summed E-state index contributed by atoms with van der Waals surface area (Å²) in [5, 5.41) is 5.23. The molecule has 0 saturated carbocycles. The number of nitrogens with one attached hydrogen (secondary N) is 1. The zero-order valence-electron chi connectivity index (χ0n) is 13.9. The Morgan fingerprint density at radius 1 is 1.00 bits per heavy atom. The third kappa shape index (κ3) is 4.43. The third-order valence-corrected chi connectivity index (χ3v) is 3.55. The first-order valence-corrected chi connectivity index (χ1v) is 8.05. The van der Waals surface area contributed by atoms with Crippen LogP contribution in [0.4, 0.5) is 0 Å². The molecule has 2 aromatic rings. The highest BCUT2D eigenvalue weighted by atomic mass is 16.1. The molecule has 1 amide bonds. The van der Waals surface area contributed by atoms with Crippen molar-refractivity contribution in [3.05, 3.63) is 84.0 Å². The summed E-state index contributed by atoms with van der Waals surface area (Å²) in [5.74, 6) is -0.0559. The van der Waals surface area contributed by atoms with Crippen molar-refractivity contribution >= 4 is 16.7 Å². The summed E-state index contributed by atoms with van der Waals surface area (Å²) in [6.45, 7) is 6.04. The van der Waals surface area contributed by atoms with Crippen LogP contribution in [-0.2, 0) is 0 Å². The molecular formula is C21H23NO. The van der Waals surface area contributed by atoms with Gasteiger partial charge in [0.25, 0.3) is 5.91 Å². The maximum Gasteiger partial charge on any atom is 0.252 e. The molecule has 1 aliphatic carbocycles. The van der Waals surface area contributed by atoms with Gasteiger partial charge in [0, 0.05) is 5.56 Å². The molecule has 2 heteroatoms. The summed E-state index contributed by atoms with van der Waals surface area (Å²) in [5.41, 5.74) is 1.86. The second kappa shape index (κ2) is 8.14. The van der Waals surface area contributed by atoms with Crippen molar-refractivity contribution in [2.75, 3.05) is 0 Å². The number of hydrogen-bond acceptors (Lipinski definition) is 1. The minimum Gasteiger partial charge on any atom is -0.342 e. The summed E-state index contributed by atoms with van der Waals surface area (Å²) in [7, 11) is 0. The van der Waals surface area contributed by atoms with Crippen LogP contribution in [0.15, 0.2) is 78.4 Å². The fourth-order valence-electron chi connectivity index (χ4n) is 2.36. The molecule has 0 bridgehead atoms. The predicted molar refractivity (Wildman–Crippen MR) is 98.6 cm³/mol. The molecule has 2 nitrogen and oxygen atoms in total. The standard InChI is InChI=1S/C19H17NO.C2H6/c1-14-5-4-8-18(12-9-14)20-19(21)17-11-10-15-6-2-3-7-16(15)13-17;1-2/h2-13,18H,1H3,(H,20,21);1-2H3. The molecule has 0 aromatic heterocycles. The number of allylic oxidation sites excluding steroid dienone is 4. The molecule has 1 N–H and O–H groups in total. The summed E-state index contributed by atoms with van der Waals surface area (Å²) in [4.78, 5) is 12.4. The molecular weight excluding hydrogens is 282 g/mol. The van der Waals surface area contributed by atoms with Gasteiger partial charge in [-0.3, -0.25) is 4.79 Å². The Hall–Kier alpha value is -2.61. The molecule has 0 heterocycles. The van der Waals surface area contributed by atoms with E-state index in [1.807, 2.05) is 93.6 Å². The summed E-state index contributed by atoms with van der Waals surface area (Å²) < 4.78 is 0. The molecule has 2 aromatic carbocycles. The average Bonchev–Trinajstić information content (AvgIpc) is 2.80. The predicted octanol–water partition coefficient (Wildman–Crippen LogP) is 5.04. The quantitative estimate of drug-likeness (QED) is 0.827. The van der Waals surface area contributed by atoms with Gasteiger partial charge in [-0.25, -0.2) is 0 Å². The van der Waals surface area contributed by atoms with Crippen molar-refractivity contribution in [1.29, 1.82) is 0 Å². The van der Waals surface area contributed by atoms with E-state index in [4.69, 9.17) is 0 Å². The van der Waals surface area contributed by atoms with Gasteiger partial charge < -0.3 is 5.32 Å². The van der Waals surface area contributed by atoms with Crippen molar-refractivity contribution < 1.29 is 4.79 Å². The molecule has 3 rings (SSSR count). The lowest BCUT2D eigenvalue weighted by Crippen LogP contribution is -2.31. The van der Waals surface area contributed by atoms with Crippen LogP contribution in [0.5, 0.6) is 0 Å². The van der Waals surface area contributed by atoms with Crippen LogP contribution in [0.2, 0.25) is 0 Å². The molecule has 1 aliphatic rings. The first kappa shape index (κ1) is 16.8. The maximum absolute atomic E-state index is 12.4. The van der Waals surface area contributed by atoms with Gasteiger partial charge in [0.15, 0.2) is 0 Å².